The zero-order valence-corrected chi connectivity index (χ0v) is 12.9. The first-order valence-corrected chi connectivity index (χ1v) is 7.55. The highest BCUT2D eigenvalue weighted by Gasteiger charge is 2.25. The van der Waals surface area contributed by atoms with Crippen molar-refractivity contribution in [3.63, 3.8) is 0 Å². The van der Waals surface area contributed by atoms with Gasteiger partial charge in [0.15, 0.2) is 0 Å². The van der Waals surface area contributed by atoms with E-state index in [-0.39, 0.29) is 6.61 Å². The molecule has 118 valence electrons. The van der Waals surface area contributed by atoms with Crippen molar-refractivity contribution in [2.45, 2.75) is 25.0 Å². The van der Waals surface area contributed by atoms with Gasteiger partial charge in [-0.1, -0.05) is 0 Å². The van der Waals surface area contributed by atoms with E-state index in [4.69, 9.17) is 9.47 Å². The minimum Gasteiger partial charge on any atom is -0.497 e. The molecule has 0 amide bonds. The summed E-state index contributed by atoms with van der Waals surface area (Å²) in [5, 5.41) is 13.1. The fourth-order valence-corrected chi connectivity index (χ4v) is 2.15. The van der Waals surface area contributed by atoms with Crippen molar-refractivity contribution in [2.24, 2.45) is 0 Å². The Hall–Kier alpha value is -1.30. The minimum atomic E-state index is -0.502. The van der Waals surface area contributed by atoms with Gasteiger partial charge in [-0.15, -0.1) is 0 Å². The number of methoxy groups -OCH3 is 1. The molecule has 0 spiro atoms. The van der Waals surface area contributed by atoms with Crippen LogP contribution in [0, 0.1) is 0 Å². The van der Waals surface area contributed by atoms with Gasteiger partial charge in [0.2, 0.25) is 0 Å². The van der Waals surface area contributed by atoms with Crippen LogP contribution >= 0.6 is 0 Å². The molecule has 0 saturated heterocycles. The van der Waals surface area contributed by atoms with Gasteiger partial charge in [-0.3, -0.25) is 0 Å². The van der Waals surface area contributed by atoms with Gasteiger partial charge in [0.25, 0.3) is 0 Å². The average molecular weight is 294 g/mol. The second-order valence-corrected chi connectivity index (χ2v) is 5.56. The molecular weight excluding hydrogens is 268 g/mol. The number of aliphatic hydroxyl groups is 1. The topological polar surface area (TPSA) is 54.0 Å². The predicted molar refractivity (Wildman–Crippen MR) is 83.0 cm³/mol. The number of ether oxygens (including phenoxy) is 2. The number of nitrogens with zero attached hydrogens (tertiary/aromatic N) is 1. The standard InChI is InChI=1S/C16H26N2O3/c1-18(13-3-4-13)10-9-17-11-14(19)12-21-16-7-5-15(20-2)6-8-16/h5-8,13-14,17,19H,3-4,9-12H2,1-2H3. The summed E-state index contributed by atoms with van der Waals surface area (Å²) < 4.78 is 10.6. The van der Waals surface area contributed by atoms with Crippen LogP contribution in [0.5, 0.6) is 11.5 Å². The molecule has 0 heterocycles. The van der Waals surface area contributed by atoms with Crippen LogP contribution in [0.2, 0.25) is 0 Å². The highest BCUT2D eigenvalue weighted by atomic mass is 16.5. The number of aliphatic hydroxyl groups excluding tert-OH is 1. The summed E-state index contributed by atoms with van der Waals surface area (Å²) in [7, 11) is 3.79. The molecule has 0 bridgehead atoms. The molecule has 0 aliphatic heterocycles. The number of nitrogens with one attached hydrogen (secondary N) is 1. The van der Waals surface area contributed by atoms with E-state index in [1.807, 2.05) is 24.3 Å². The molecule has 1 aliphatic carbocycles. The summed E-state index contributed by atoms with van der Waals surface area (Å²) in [5.41, 5.74) is 0. The summed E-state index contributed by atoms with van der Waals surface area (Å²) in [6.45, 7) is 2.76. The van der Waals surface area contributed by atoms with Crippen molar-refractivity contribution in [3.8, 4) is 11.5 Å². The maximum Gasteiger partial charge on any atom is 0.119 e. The smallest absolute Gasteiger partial charge is 0.119 e. The highest BCUT2D eigenvalue weighted by molar-refractivity contribution is 5.31. The first kappa shape index (κ1) is 16.1. The SMILES string of the molecule is COc1ccc(OCC(O)CNCCN(C)C2CC2)cc1. The number of hydrogen-bond donors (Lipinski definition) is 2. The first-order valence-electron chi connectivity index (χ1n) is 7.55. The Bertz CT molecular complexity index is 406. The van der Waals surface area contributed by atoms with Gasteiger partial charge in [0, 0.05) is 25.7 Å². The Kier molecular flexibility index (Phi) is 6.29. The van der Waals surface area contributed by atoms with Crippen LogP contribution in [0.15, 0.2) is 24.3 Å². The van der Waals surface area contributed by atoms with Crippen LogP contribution in [-0.2, 0) is 0 Å². The molecule has 1 atom stereocenters. The molecule has 2 rings (SSSR count). The number of benzene rings is 1. The van der Waals surface area contributed by atoms with Gasteiger partial charge < -0.3 is 24.8 Å². The predicted octanol–water partition coefficient (Wildman–Crippen LogP) is 1.12. The Balaban J connectivity index is 1.54. The molecule has 21 heavy (non-hydrogen) atoms. The second kappa shape index (κ2) is 8.22. The lowest BCUT2D eigenvalue weighted by Crippen LogP contribution is -2.36. The summed E-state index contributed by atoms with van der Waals surface area (Å²) in [4.78, 5) is 2.37. The quantitative estimate of drug-likeness (QED) is 0.633. The molecule has 5 heteroatoms. The van der Waals surface area contributed by atoms with Crippen LogP contribution < -0.4 is 14.8 Å². The molecular formula is C16H26N2O3. The Labute approximate surface area is 126 Å². The van der Waals surface area contributed by atoms with Crippen molar-refractivity contribution in [2.75, 3.05) is 40.4 Å². The fourth-order valence-electron chi connectivity index (χ4n) is 2.15. The number of likely N-dealkylation sites (N-methyl/N-ethyl adjacent to an activating group) is 1. The summed E-state index contributed by atoms with van der Waals surface area (Å²) >= 11 is 0. The molecule has 5 nitrogen and oxygen atoms in total. The molecule has 1 aliphatic rings. The van der Waals surface area contributed by atoms with Crippen LogP contribution in [0.25, 0.3) is 0 Å². The summed E-state index contributed by atoms with van der Waals surface area (Å²) in [6, 6.07) is 8.14. The molecule has 1 unspecified atom stereocenters. The maximum atomic E-state index is 9.87. The average Bonchev–Trinajstić information content (AvgIpc) is 3.34. The molecule has 1 aromatic carbocycles. The normalized spacial score (nSPS) is 16.0. The van der Waals surface area contributed by atoms with Crippen LogP contribution in [-0.4, -0.2) is 62.6 Å². The lowest BCUT2D eigenvalue weighted by atomic mass is 10.3. The third-order valence-corrected chi connectivity index (χ3v) is 3.69. The zero-order chi connectivity index (χ0) is 15.1. The third kappa shape index (κ3) is 5.91. The van der Waals surface area contributed by atoms with E-state index in [1.165, 1.54) is 12.8 Å². The van der Waals surface area contributed by atoms with E-state index in [0.717, 1.165) is 30.6 Å². The highest BCUT2D eigenvalue weighted by Crippen LogP contribution is 2.24. The number of rotatable bonds is 10. The maximum absolute atomic E-state index is 9.87. The minimum absolute atomic E-state index is 0.289. The van der Waals surface area contributed by atoms with Crippen molar-refractivity contribution in [3.05, 3.63) is 24.3 Å². The molecule has 0 aromatic heterocycles. The third-order valence-electron chi connectivity index (χ3n) is 3.69. The van der Waals surface area contributed by atoms with Gasteiger partial charge in [-0.25, -0.2) is 0 Å². The van der Waals surface area contributed by atoms with Crippen LogP contribution in [0.1, 0.15) is 12.8 Å². The van der Waals surface area contributed by atoms with E-state index in [9.17, 15) is 5.11 Å². The largest absolute Gasteiger partial charge is 0.497 e. The van der Waals surface area contributed by atoms with Gasteiger partial charge in [0.05, 0.1) is 7.11 Å². The van der Waals surface area contributed by atoms with E-state index in [1.54, 1.807) is 7.11 Å². The molecule has 2 N–H and O–H groups in total. The molecule has 1 fully saturated rings. The second-order valence-electron chi connectivity index (χ2n) is 5.56. The van der Waals surface area contributed by atoms with Crippen molar-refractivity contribution in [1.82, 2.24) is 10.2 Å². The van der Waals surface area contributed by atoms with Gasteiger partial charge in [-0.2, -0.15) is 0 Å². The van der Waals surface area contributed by atoms with E-state index < -0.39 is 6.10 Å². The van der Waals surface area contributed by atoms with Gasteiger partial charge in [-0.05, 0) is 44.2 Å². The Morgan fingerprint density at radius 2 is 1.95 bits per heavy atom. The number of hydrogen-bond acceptors (Lipinski definition) is 5. The zero-order valence-electron chi connectivity index (χ0n) is 12.9. The molecule has 0 radical (unpaired) electrons. The Morgan fingerprint density at radius 1 is 1.29 bits per heavy atom. The van der Waals surface area contributed by atoms with Gasteiger partial charge in [0.1, 0.15) is 24.2 Å². The van der Waals surface area contributed by atoms with Crippen molar-refractivity contribution in [1.29, 1.82) is 0 Å². The summed E-state index contributed by atoms with van der Waals surface area (Å²) in [5.74, 6) is 1.53. The van der Waals surface area contributed by atoms with E-state index in [2.05, 4.69) is 17.3 Å². The van der Waals surface area contributed by atoms with Crippen LogP contribution in [0.4, 0.5) is 0 Å². The lowest BCUT2D eigenvalue weighted by molar-refractivity contribution is 0.106. The van der Waals surface area contributed by atoms with Crippen LogP contribution in [0.3, 0.4) is 0 Å². The van der Waals surface area contributed by atoms with Crippen molar-refractivity contribution >= 4 is 0 Å². The van der Waals surface area contributed by atoms with Crippen molar-refractivity contribution < 1.29 is 14.6 Å². The van der Waals surface area contributed by atoms with E-state index >= 15 is 0 Å². The molecule has 1 aromatic rings. The molecule has 1 saturated carbocycles. The summed E-state index contributed by atoms with van der Waals surface area (Å²) in [6.07, 6.45) is 2.15. The Morgan fingerprint density at radius 3 is 2.57 bits per heavy atom. The van der Waals surface area contributed by atoms with Gasteiger partial charge >= 0.3 is 0 Å². The van der Waals surface area contributed by atoms with E-state index in [0.29, 0.717) is 6.54 Å². The fraction of sp³-hybridized carbons (Fsp3) is 0.625. The first-order chi connectivity index (χ1) is 10.2. The lowest BCUT2D eigenvalue weighted by Gasteiger charge is -2.17. The monoisotopic (exact) mass is 294 g/mol.